The summed E-state index contributed by atoms with van der Waals surface area (Å²) in [7, 11) is 0. The van der Waals surface area contributed by atoms with E-state index in [0.29, 0.717) is 22.8 Å². The fraction of sp³-hybridized carbons (Fsp3) is 0.273. The third-order valence-electron chi connectivity index (χ3n) is 6.01. The molecule has 1 N–H and O–H groups in total. The van der Waals surface area contributed by atoms with Crippen molar-refractivity contribution in [3.8, 4) is 5.69 Å². The highest BCUT2D eigenvalue weighted by Crippen LogP contribution is 2.40. The number of imidazole rings is 1. The smallest absolute Gasteiger partial charge is 0.256 e. The SMILES string of the molecule is Cc1c(Cl)ccc2[nH]c(C3(C)CCCN3C(=O)c3ccccc3-n3nccn3)nc12. The fourth-order valence-corrected chi connectivity index (χ4v) is 4.44. The lowest BCUT2D eigenvalue weighted by Crippen LogP contribution is -2.44. The molecular weight excluding hydrogens is 400 g/mol. The molecule has 0 aliphatic carbocycles. The zero-order valence-electron chi connectivity index (χ0n) is 16.8. The second kappa shape index (κ2) is 6.95. The van der Waals surface area contributed by atoms with Crippen molar-refractivity contribution in [2.24, 2.45) is 0 Å². The molecule has 1 amide bonds. The van der Waals surface area contributed by atoms with E-state index in [0.717, 1.165) is 35.3 Å². The molecule has 1 saturated heterocycles. The molecule has 8 heteroatoms. The van der Waals surface area contributed by atoms with Crippen LogP contribution < -0.4 is 0 Å². The topological polar surface area (TPSA) is 79.7 Å². The number of aromatic amines is 1. The number of para-hydroxylation sites is 1. The molecule has 0 saturated carbocycles. The number of halogens is 1. The Morgan fingerprint density at radius 1 is 1.17 bits per heavy atom. The predicted molar refractivity (Wildman–Crippen MR) is 115 cm³/mol. The third kappa shape index (κ3) is 2.81. The van der Waals surface area contributed by atoms with E-state index in [1.165, 1.54) is 4.80 Å². The first-order valence-corrected chi connectivity index (χ1v) is 10.3. The van der Waals surface area contributed by atoms with Crippen LogP contribution in [0.2, 0.25) is 5.02 Å². The number of aromatic nitrogens is 5. The number of benzene rings is 2. The summed E-state index contributed by atoms with van der Waals surface area (Å²) in [4.78, 5) is 25.4. The Bertz CT molecular complexity index is 1250. The van der Waals surface area contributed by atoms with Gasteiger partial charge in [-0.3, -0.25) is 4.79 Å². The molecule has 0 spiro atoms. The summed E-state index contributed by atoms with van der Waals surface area (Å²) in [5, 5.41) is 9.09. The maximum Gasteiger partial charge on any atom is 0.256 e. The molecule has 7 nitrogen and oxygen atoms in total. The third-order valence-corrected chi connectivity index (χ3v) is 6.42. The molecule has 0 radical (unpaired) electrons. The molecule has 1 unspecified atom stereocenters. The number of nitrogens with one attached hydrogen (secondary N) is 1. The van der Waals surface area contributed by atoms with Crippen LogP contribution in [0, 0.1) is 6.92 Å². The van der Waals surface area contributed by atoms with E-state index in [2.05, 4.69) is 22.1 Å². The number of hydrogen-bond donors (Lipinski definition) is 1. The van der Waals surface area contributed by atoms with Gasteiger partial charge in [-0.05, 0) is 56.5 Å². The van der Waals surface area contributed by atoms with Gasteiger partial charge in [-0.2, -0.15) is 15.0 Å². The monoisotopic (exact) mass is 420 g/mol. The average molecular weight is 421 g/mol. The van der Waals surface area contributed by atoms with E-state index in [4.69, 9.17) is 16.6 Å². The van der Waals surface area contributed by atoms with Crippen molar-refractivity contribution in [3.63, 3.8) is 0 Å². The molecule has 30 heavy (non-hydrogen) atoms. The quantitative estimate of drug-likeness (QED) is 0.537. The minimum atomic E-state index is -0.542. The second-order valence-electron chi connectivity index (χ2n) is 7.82. The van der Waals surface area contributed by atoms with Crippen LogP contribution in [0.4, 0.5) is 0 Å². The van der Waals surface area contributed by atoms with Gasteiger partial charge in [0.25, 0.3) is 5.91 Å². The largest absolute Gasteiger partial charge is 0.340 e. The highest BCUT2D eigenvalue weighted by atomic mass is 35.5. The number of likely N-dealkylation sites (tertiary alicyclic amines) is 1. The Morgan fingerprint density at radius 2 is 1.93 bits per heavy atom. The summed E-state index contributed by atoms with van der Waals surface area (Å²) in [5.74, 6) is 0.724. The van der Waals surface area contributed by atoms with Crippen molar-refractivity contribution in [2.45, 2.75) is 32.2 Å². The minimum absolute atomic E-state index is 0.0573. The maximum atomic E-state index is 13.7. The van der Waals surface area contributed by atoms with Gasteiger partial charge >= 0.3 is 0 Å². The molecule has 0 bridgehead atoms. The summed E-state index contributed by atoms with van der Waals surface area (Å²) in [6, 6.07) is 11.2. The van der Waals surface area contributed by atoms with Crippen LogP contribution in [0.1, 0.15) is 41.5 Å². The van der Waals surface area contributed by atoms with Gasteiger partial charge in [0.15, 0.2) is 0 Å². The van der Waals surface area contributed by atoms with Crippen molar-refractivity contribution in [1.29, 1.82) is 0 Å². The van der Waals surface area contributed by atoms with E-state index in [-0.39, 0.29) is 5.91 Å². The summed E-state index contributed by atoms with van der Waals surface area (Å²) >= 11 is 6.28. The van der Waals surface area contributed by atoms with Gasteiger partial charge < -0.3 is 9.88 Å². The molecule has 5 rings (SSSR count). The first-order chi connectivity index (χ1) is 14.5. The van der Waals surface area contributed by atoms with Crippen LogP contribution in [-0.2, 0) is 5.54 Å². The number of fused-ring (bicyclic) bond motifs is 1. The van der Waals surface area contributed by atoms with E-state index in [1.54, 1.807) is 12.4 Å². The lowest BCUT2D eigenvalue weighted by atomic mass is 9.97. The molecule has 2 aromatic carbocycles. The summed E-state index contributed by atoms with van der Waals surface area (Å²) in [5.41, 5.74) is 3.39. The normalized spacial score (nSPS) is 19.0. The lowest BCUT2D eigenvalue weighted by molar-refractivity contribution is 0.0605. The van der Waals surface area contributed by atoms with Gasteiger partial charge in [0.1, 0.15) is 5.82 Å². The zero-order chi connectivity index (χ0) is 20.9. The fourth-order valence-electron chi connectivity index (χ4n) is 4.29. The molecule has 1 atom stereocenters. The highest BCUT2D eigenvalue weighted by molar-refractivity contribution is 6.32. The lowest BCUT2D eigenvalue weighted by Gasteiger charge is -2.34. The van der Waals surface area contributed by atoms with E-state index in [9.17, 15) is 4.79 Å². The standard InChI is InChI=1S/C22H21ClN6O/c1-14-16(23)8-9-17-19(14)27-21(26-17)22(2)10-5-13-28(22)20(30)15-6-3-4-7-18(15)29-24-11-12-25-29/h3-4,6-9,11-12H,5,10,13H2,1-2H3,(H,26,27). The van der Waals surface area contributed by atoms with Gasteiger partial charge in [0, 0.05) is 11.6 Å². The van der Waals surface area contributed by atoms with E-state index >= 15 is 0 Å². The van der Waals surface area contributed by atoms with Gasteiger partial charge in [0.05, 0.1) is 40.2 Å². The molecule has 1 aliphatic rings. The van der Waals surface area contributed by atoms with Crippen LogP contribution >= 0.6 is 11.6 Å². The van der Waals surface area contributed by atoms with Crippen molar-refractivity contribution in [1.82, 2.24) is 29.9 Å². The molecule has 3 heterocycles. The Labute approximate surface area is 178 Å². The van der Waals surface area contributed by atoms with Gasteiger partial charge in [0.2, 0.25) is 0 Å². The summed E-state index contributed by atoms with van der Waals surface area (Å²) in [6.45, 7) is 4.69. The molecular formula is C22H21ClN6O. The van der Waals surface area contributed by atoms with Crippen molar-refractivity contribution >= 4 is 28.5 Å². The number of hydrogen-bond acceptors (Lipinski definition) is 4. The molecule has 2 aromatic heterocycles. The van der Waals surface area contributed by atoms with Crippen molar-refractivity contribution in [3.05, 3.63) is 70.8 Å². The van der Waals surface area contributed by atoms with Crippen LogP contribution in [0.15, 0.2) is 48.8 Å². The molecule has 1 fully saturated rings. The summed E-state index contributed by atoms with van der Waals surface area (Å²) in [6.07, 6.45) is 4.93. The highest BCUT2D eigenvalue weighted by Gasteiger charge is 2.44. The first kappa shape index (κ1) is 18.8. The summed E-state index contributed by atoms with van der Waals surface area (Å²) < 4.78 is 0. The number of rotatable bonds is 3. The maximum absolute atomic E-state index is 13.7. The van der Waals surface area contributed by atoms with Crippen molar-refractivity contribution in [2.75, 3.05) is 6.54 Å². The first-order valence-electron chi connectivity index (χ1n) is 9.92. The Kier molecular flexibility index (Phi) is 4.36. The molecule has 4 aromatic rings. The average Bonchev–Trinajstić information content (AvgIpc) is 3.50. The molecule has 1 aliphatic heterocycles. The van der Waals surface area contributed by atoms with Gasteiger partial charge in [-0.25, -0.2) is 4.98 Å². The van der Waals surface area contributed by atoms with E-state index in [1.807, 2.05) is 48.2 Å². The number of carbonyl (C=O) groups excluding carboxylic acids is 1. The van der Waals surface area contributed by atoms with Gasteiger partial charge in [-0.15, -0.1) is 0 Å². The number of carbonyl (C=O) groups is 1. The van der Waals surface area contributed by atoms with E-state index < -0.39 is 5.54 Å². The number of amides is 1. The van der Waals surface area contributed by atoms with Crippen LogP contribution in [0.25, 0.3) is 16.7 Å². The van der Waals surface area contributed by atoms with Crippen molar-refractivity contribution < 1.29 is 4.79 Å². The van der Waals surface area contributed by atoms with Gasteiger partial charge in [-0.1, -0.05) is 23.7 Å². The Morgan fingerprint density at radius 3 is 2.73 bits per heavy atom. The number of H-pyrrole nitrogens is 1. The van der Waals surface area contributed by atoms with Crippen LogP contribution in [0.3, 0.4) is 0 Å². The second-order valence-corrected chi connectivity index (χ2v) is 8.23. The molecule has 152 valence electrons. The number of aryl methyl sites for hydroxylation is 1. The Balaban J connectivity index is 1.58. The Hall–Kier alpha value is -3.19. The predicted octanol–water partition coefficient (Wildman–Crippen LogP) is 4.26. The number of nitrogens with zero attached hydrogens (tertiary/aromatic N) is 5. The van der Waals surface area contributed by atoms with Crippen LogP contribution in [0.5, 0.6) is 0 Å². The van der Waals surface area contributed by atoms with Crippen LogP contribution in [-0.4, -0.2) is 42.3 Å². The zero-order valence-corrected chi connectivity index (χ0v) is 17.5. The minimum Gasteiger partial charge on any atom is -0.340 e.